The summed E-state index contributed by atoms with van der Waals surface area (Å²) in [6, 6.07) is 25.2. The Labute approximate surface area is 249 Å². The SMILES string of the molecule is COCCCN1CCOc2ccc(CO[C@H]3CNCC[C@@H]3c3ccc(C(=O)N4CC[C@H](c5ccccc5)C4)cc3)cc21. The number of rotatable bonds is 10. The van der Waals surface area contributed by atoms with Crippen LogP contribution in [0.15, 0.2) is 72.8 Å². The minimum Gasteiger partial charge on any atom is -0.490 e. The summed E-state index contributed by atoms with van der Waals surface area (Å²) in [5.74, 6) is 1.78. The maximum absolute atomic E-state index is 13.3. The molecule has 0 aromatic heterocycles. The summed E-state index contributed by atoms with van der Waals surface area (Å²) in [4.78, 5) is 17.7. The molecule has 7 nitrogen and oxygen atoms in total. The molecule has 1 N–H and O–H groups in total. The van der Waals surface area contributed by atoms with Gasteiger partial charge in [-0.3, -0.25) is 4.79 Å². The van der Waals surface area contributed by atoms with Gasteiger partial charge in [0.25, 0.3) is 5.91 Å². The van der Waals surface area contributed by atoms with Gasteiger partial charge in [-0.25, -0.2) is 0 Å². The van der Waals surface area contributed by atoms with E-state index in [1.54, 1.807) is 7.11 Å². The number of piperidine rings is 1. The summed E-state index contributed by atoms with van der Waals surface area (Å²) < 4.78 is 17.7. The third kappa shape index (κ3) is 6.64. The highest BCUT2D eigenvalue weighted by Crippen LogP contribution is 2.34. The molecule has 0 spiro atoms. The van der Waals surface area contributed by atoms with Gasteiger partial charge in [-0.2, -0.15) is 0 Å². The second-order valence-electron chi connectivity index (χ2n) is 11.7. The number of anilines is 1. The van der Waals surface area contributed by atoms with Crippen molar-refractivity contribution in [1.29, 1.82) is 0 Å². The van der Waals surface area contributed by atoms with Gasteiger partial charge in [0.1, 0.15) is 12.4 Å². The Morgan fingerprint density at radius 2 is 1.86 bits per heavy atom. The summed E-state index contributed by atoms with van der Waals surface area (Å²) in [7, 11) is 1.75. The van der Waals surface area contributed by atoms with E-state index in [1.165, 1.54) is 11.1 Å². The number of nitrogens with zero attached hydrogens (tertiary/aromatic N) is 2. The number of nitrogens with one attached hydrogen (secondary N) is 1. The van der Waals surface area contributed by atoms with Crippen molar-refractivity contribution in [3.63, 3.8) is 0 Å². The van der Waals surface area contributed by atoms with E-state index in [9.17, 15) is 4.79 Å². The summed E-state index contributed by atoms with van der Waals surface area (Å²) in [6.07, 6.45) is 3.08. The molecule has 6 rings (SSSR count). The van der Waals surface area contributed by atoms with Gasteiger partial charge in [0.05, 0.1) is 24.9 Å². The Morgan fingerprint density at radius 1 is 1.00 bits per heavy atom. The number of hydrogen-bond donors (Lipinski definition) is 1. The van der Waals surface area contributed by atoms with Gasteiger partial charge in [0.15, 0.2) is 0 Å². The Balaban J connectivity index is 1.07. The quantitative estimate of drug-likeness (QED) is 0.338. The summed E-state index contributed by atoms with van der Waals surface area (Å²) in [5.41, 5.74) is 5.63. The van der Waals surface area contributed by atoms with Gasteiger partial charge in [-0.05, 0) is 66.8 Å². The average molecular weight is 570 g/mol. The number of hydrogen-bond acceptors (Lipinski definition) is 6. The first-order valence-electron chi connectivity index (χ1n) is 15.5. The van der Waals surface area contributed by atoms with Gasteiger partial charge >= 0.3 is 0 Å². The fourth-order valence-electron chi connectivity index (χ4n) is 6.63. The molecule has 0 radical (unpaired) electrons. The molecule has 222 valence electrons. The smallest absolute Gasteiger partial charge is 0.253 e. The van der Waals surface area contributed by atoms with Gasteiger partial charge < -0.3 is 29.3 Å². The second kappa shape index (κ2) is 13.7. The van der Waals surface area contributed by atoms with E-state index in [0.29, 0.717) is 19.1 Å². The van der Waals surface area contributed by atoms with Crippen LogP contribution in [0, 0.1) is 0 Å². The van der Waals surface area contributed by atoms with E-state index in [4.69, 9.17) is 14.2 Å². The Hall–Kier alpha value is -3.39. The van der Waals surface area contributed by atoms with Crippen LogP contribution in [0.1, 0.15) is 58.1 Å². The normalized spacial score (nSPS) is 22.1. The van der Waals surface area contributed by atoms with Crippen LogP contribution in [-0.2, 0) is 16.1 Å². The predicted octanol–water partition coefficient (Wildman–Crippen LogP) is 5.21. The number of ether oxygens (including phenoxy) is 3. The molecule has 3 aromatic carbocycles. The topological polar surface area (TPSA) is 63.3 Å². The molecule has 1 amide bonds. The van der Waals surface area contributed by atoms with Crippen LogP contribution in [0.3, 0.4) is 0 Å². The molecule has 3 aliphatic heterocycles. The van der Waals surface area contributed by atoms with Crippen molar-refractivity contribution in [2.24, 2.45) is 0 Å². The number of carbonyl (C=O) groups is 1. The van der Waals surface area contributed by atoms with Crippen molar-refractivity contribution in [2.45, 2.75) is 43.8 Å². The molecule has 0 unspecified atom stereocenters. The van der Waals surface area contributed by atoms with Crippen LogP contribution < -0.4 is 15.0 Å². The van der Waals surface area contributed by atoms with Crippen LogP contribution in [0.2, 0.25) is 0 Å². The maximum Gasteiger partial charge on any atom is 0.253 e. The van der Waals surface area contributed by atoms with Gasteiger partial charge in [-0.1, -0.05) is 48.5 Å². The van der Waals surface area contributed by atoms with E-state index in [-0.39, 0.29) is 17.9 Å². The molecule has 0 bridgehead atoms. The minimum atomic E-state index is 0.0654. The molecular weight excluding hydrogens is 526 g/mol. The lowest BCUT2D eigenvalue weighted by atomic mass is 9.87. The first-order valence-corrected chi connectivity index (χ1v) is 15.5. The lowest BCUT2D eigenvalue weighted by Gasteiger charge is -2.33. The lowest BCUT2D eigenvalue weighted by Crippen LogP contribution is -2.41. The van der Waals surface area contributed by atoms with Gasteiger partial charge in [-0.15, -0.1) is 0 Å². The Kier molecular flexibility index (Phi) is 9.38. The zero-order chi connectivity index (χ0) is 28.7. The van der Waals surface area contributed by atoms with E-state index in [2.05, 4.69) is 64.8 Å². The number of likely N-dealkylation sites (tertiary alicyclic amines) is 1. The summed E-state index contributed by atoms with van der Waals surface area (Å²) in [6.45, 7) is 7.24. The Morgan fingerprint density at radius 3 is 2.69 bits per heavy atom. The van der Waals surface area contributed by atoms with Crippen LogP contribution >= 0.6 is 0 Å². The molecular formula is C35H43N3O4. The van der Waals surface area contributed by atoms with E-state index in [1.807, 2.05) is 23.1 Å². The molecule has 3 heterocycles. The largest absolute Gasteiger partial charge is 0.490 e. The molecule has 0 saturated carbocycles. The monoisotopic (exact) mass is 569 g/mol. The van der Waals surface area contributed by atoms with Gasteiger partial charge in [0.2, 0.25) is 0 Å². The molecule has 3 atom stereocenters. The highest BCUT2D eigenvalue weighted by molar-refractivity contribution is 5.94. The standard InChI is InChI=1S/C35H43N3O4/c1-40-20-5-17-37-19-21-41-33-13-8-26(22-32(33)37)25-42-34-23-36-16-14-31(34)28-9-11-29(12-10-28)35(39)38-18-15-30(24-38)27-6-3-2-4-7-27/h2-4,6-13,22,30-31,34,36H,5,14-21,23-25H2,1H3/t30-,31+,34-/m0/s1. The van der Waals surface area contributed by atoms with Crippen molar-refractivity contribution in [1.82, 2.24) is 10.2 Å². The highest BCUT2D eigenvalue weighted by atomic mass is 16.5. The number of carbonyl (C=O) groups excluding carboxylic acids is 1. The fourth-order valence-corrected chi connectivity index (χ4v) is 6.63. The molecule has 2 saturated heterocycles. The highest BCUT2D eigenvalue weighted by Gasteiger charge is 2.30. The van der Waals surface area contributed by atoms with Crippen molar-refractivity contribution < 1.29 is 19.0 Å². The minimum absolute atomic E-state index is 0.0654. The van der Waals surface area contributed by atoms with E-state index in [0.717, 1.165) is 87.7 Å². The number of fused-ring (bicyclic) bond motifs is 1. The lowest BCUT2D eigenvalue weighted by molar-refractivity contribution is 0.0106. The van der Waals surface area contributed by atoms with Gasteiger partial charge in [0, 0.05) is 57.3 Å². The average Bonchev–Trinajstić information content (AvgIpc) is 3.55. The third-order valence-electron chi connectivity index (χ3n) is 8.98. The van der Waals surface area contributed by atoms with Crippen LogP contribution in [-0.4, -0.2) is 76.5 Å². The van der Waals surface area contributed by atoms with Crippen molar-refractivity contribution in [3.8, 4) is 5.75 Å². The molecule has 3 aliphatic rings. The zero-order valence-corrected chi connectivity index (χ0v) is 24.7. The maximum atomic E-state index is 13.3. The molecule has 0 aliphatic carbocycles. The third-order valence-corrected chi connectivity index (χ3v) is 8.98. The van der Waals surface area contributed by atoms with Crippen LogP contribution in [0.5, 0.6) is 5.75 Å². The number of amides is 1. The van der Waals surface area contributed by atoms with E-state index < -0.39 is 0 Å². The number of benzene rings is 3. The van der Waals surface area contributed by atoms with Crippen LogP contribution in [0.25, 0.3) is 0 Å². The zero-order valence-electron chi connectivity index (χ0n) is 24.7. The predicted molar refractivity (Wildman–Crippen MR) is 166 cm³/mol. The van der Waals surface area contributed by atoms with E-state index >= 15 is 0 Å². The first-order chi connectivity index (χ1) is 20.7. The Bertz CT molecular complexity index is 1320. The first kappa shape index (κ1) is 28.7. The summed E-state index contributed by atoms with van der Waals surface area (Å²) in [5, 5.41) is 3.51. The summed E-state index contributed by atoms with van der Waals surface area (Å²) >= 11 is 0. The fraction of sp³-hybridized carbons (Fsp3) is 0.457. The molecule has 42 heavy (non-hydrogen) atoms. The van der Waals surface area contributed by atoms with Crippen molar-refractivity contribution >= 4 is 11.6 Å². The van der Waals surface area contributed by atoms with Crippen LogP contribution in [0.4, 0.5) is 5.69 Å². The molecule has 2 fully saturated rings. The molecule has 7 heteroatoms. The number of methoxy groups -OCH3 is 1. The molecule has 3 aromatic rings. The van der Waals surface area contributed by atoms with Crippen molar-refractivity contribution in [2.75, 3.05) is 64.5 Å². The second-order valence-corrected chi connectivity index (χ2v) is 11.7. The van der Waals surface area contributed by atoms with Crippen molar-refractivity contribution in [3.05, 3.63) is 95.1 Å².